The lowest BCUT2D eigenvalue weighted by Crippen LogP contribution is -2.48. The second-order valence-electron chi connectivity index (χ2n) is 5.72. The molecular formula is C16H18F2N2O2. The van der Waals surface area contributed by atoms with E-state index in [0.717, 1.165) is 12.1 Å². The van der Waals surface area contributed by atoms with Gasteiger partial charge < -0.3 is 9.26 Å². The molecule has 0 amide bonds. The van der Waals surface area contributed by atoms with Crippen molar-refractivity contribution in [1.29, 1.82) is 0 Å². The van der Waals surface area contributed by atoms with E-state index in [4.69, 9.17) is 9.26 Å². The predicted molar refractivity (Wildman–Crippen MR) is 77.1 cm³/mol. The summed E-state index contributed by atoms with van der Waals surface area (Å²) < 4.78 is 37.1. The Bertz CT molecular complexity index is 649. The number of hydrogen-bond acceptors (Lipinski definition) is 4. The summed E-state index contributed by atoms with van der Waals surface area (Å²) in [5.41, 5.74) is 0.999. The van der Waals surface area contributed by atoms with E-state index in [1.54, 1.807) is 6.07 Å². The third-order valence-corrected chi connectivity index (χ3v) is 3.96. The maximum absolute atomic E-state index is 13.3. The number of halogens is 2. The van der Waals surface area contributed by atoms with Gasteiger partial charge in [-0.1, -0.05) is 5.16 Å². The molecule has 4 nitrogen and oxygen atoms in total. The minimum absolute atomic E-state index is 0.292. The van der Waals surface area contributed by atoms with Gasteiger partial charge in [-0.2, -0.15) is 0 Å². The second kappa shape index (κ2) is 6.14. The summed E-state index contributed by atoms with van der Waals surface area (Å²) in [7, 11) is 0. The van der Waals surface area contributed by atoms with Crippen LogP contribution in [0.4, 0.5) is 8.78 Å². The Morgan fingerprint density at radius 3 is 2.55 bits per heavy atom. The number of hydrogen-bond donors (Lipinski definition) is 0. The van der Waals surface area contributed by atoms with E-state index >= 15 is 0 Å². The van der Waals surface area contributed by atoms with Crippen LogP contribution in [0.2, 0.25) is 0 Å². The fourth-order valence-corrected chi connectivity index (χ4v) is 2.71. The first-order valence-corrected chi connectivity index (χ1v) is 7.29. The highest BCUT2D eigenvalue weighted by Gasteiger charge is 2.26. The number of morpholine rings is 1. The van der Waals surface area contributed by atoms with Gasteiger partial charge in [0.25, 0.3) is 0 Å². The third kappa shape index (κ3) is 3.03. The number of benzene rings is 1. The molecule has 1 aromatic heterocycles. The van der Waals surface area contributed by atoms with Crippen molar-refractivity contribution < 1.29 is 18.0 Å². The molecule has 2 aromatic rings. The molecule has 2 unspecified atom stereocenters. The summed E-state index contributed by atoms with van der Waals surface area (Å²) in [6.07, 6.45) is 0. The van der Waals surface area contributed by atoms with Crippen LogP contribution >= 0.6 is 0 Å². The Kier molecular flexibility index (Phi) is 4.22. The molecule has 0 saturated carbocycles. The lowest BCUT2D eigenvalue weighted by molar-refractivity contribution is -0.0441. The van der Waals surface area contributed by atoms with E-state index in [1.807, 2.05) is 0 Å². The lowest BCUT2D eigenvalue weighted by atomic mass is 10.1. The van der Waals surface area contributed by atoms with Crippen LogP contribution in [-0.4, -0.2) is 35.4 Å². The van der Waals surface area contributed by atoms with Gasteiger partial charge in [-0.15, -0.1) is 0 Å². The number of aromatic nitrogens is 1. The van der Waals surface area contributed by atoms with Gasteiger partial charge in [-0.05, 0) is 32.0 Å². The number of nitrogens with zero attached hydrogens (tertiary/aromatic N) is 2. The first-order valence-electron chi connectivity index (χ1n) is 7.29. The molecule has 1 saturated heterocycles. The predicted octanol–water partition coefficient (Wildman–Crippen LogP) is 3.23. The van der Waals surface area contributed by atoms with Gasteiger partial charge in [-0.25, -0.2) is 8.78 Å². The van der Waals surface area contributed by atoms with Crippen LogP contribution in [0.5, 0.6) is 0 Å². The summed E-state index contributed by atoms with van der Waals surface area (Å²) in [4.78, 5) is 2.28. The highest BCUT2D eigenvalue weighted by molar-refractivity contribution is 5.58. The highest BCUT2D eigenvalue weighted by Crippen LogP contribution is 2.23. The SMILES string of the molecule is CC1COCC(C)N1Cc1cc(-c2ccc(F)c(F)c2)no1. The maximum atomic E-state index is 13.3. The topological polar surface area (TPSA) is 38.5 Å². The molecule has 2 atom stereocenters. The van der Waals surface area contributed by atoms with Gasteiger partial charge in [0.1, 0.15) is 5.69 Å². The first-order chi connectivity index (χ1) is 10.5. The van der Waals surface area contributed by atoms with Crippen molar-refractivity contribution in [1.82, 2.24) is 10.1 Å². The fourth-order valence-electron chi connectivity index (χ4n) is 2.71. The van der Waals surface area contributed by atoms with Gasteiger partial charge in [-0.3, -0.25) is 4.90 Å². The Labute approximate surface area is 127 Å². The van der Waals surface area contributed by atoms with Crippen LogP contribution in [0.3, 0.4) is 0 Å². The third-order valence-electron chi connectivity index (χ3n) is 3.96. The molecule has 0 bridgehead atoms. The molecule has 0 aliphatic carbocycles. The molecule has 22 heavy (non-hydrogen) atoms. The smallest absolute Gasteiger partial charge is 0.159 e. The van der Waals surface area contributed by atoms with Gasteiger partial charge in [0, 0.05) is 23.7 Å². The van der Waals surface area contributed by atoms with Crippen LogP contribution < -0.4 is 0 Å². The standard InChI is InChI=1S/C16H18F2N2O2/c1-10-8-21-9-11(2)20(10)7-13-6-16(19-22-13)12-3-4-14(17)15(18)5-12/h3-6,10-11H,7-9H2,1-2H3. The molecule has 2 heterocycles. The summed E-state index contributed by atoms with van der Waals surface area (Å²) in [6, 6.07) is 6.05. The Hall–Kier alpha value is -1.79. The summed E-state index contributed by atoms with van der Waals surface area (Å²) in [6.45, 7) is 6.19. The van der Waals surface area contributed by atoms with Crippen LogP contribution in [-0.2, 0) is 11.3 Å². The minimum Gasteiger partial charge on any atom is -0.378 e. The van der Waals surface area contributed by atoms with E-state index < -0.39 is 11.6 Å². The van der Waals surface area contributed by atoms with Crippen molar-refractivity contribution in [3.63, 3.8) is 0 Å². The molecule has 0 N–H and O–H groups in total. The van der Waals surface area contributed by atoms with Crippen LogP contribution in [0, 0.1) is 11.6 Å². The Morgan fingerprint density at radius 2 is 1.86 bits per heavy atom. The molecule has 118 valence electrons. The van der Waals surface area contributed by atoms with Crippen molar-refractivity contribution in [2.45, 2.75) is 32.5 Å². The molecular weight excluding hydrogens is 290 g/mol. The highest BCUT2D eigenvalue weighted by atomic mass is 19.2. The zero-order chi connectivity index (χ0) is 15.7. The lowest BCUT2D eigenvalue weighted by Gasteiger charge is -2.37. The Balaban J connectivity index is 1.77. The van der Waals surface area contributed by atoms with Crippen LogP contribution in [0.25, 0.3) is 11.3 Å². The monoisotopic (exact) mass is 308 g/mol. The van der Waals surface area contributed by atoms with Gasteiger partial charge >= 0.3 is 0 Å². The quantitative estimate of drug-likeness (QED) is 0.872. The van der Waals surface area contributed by atoms with E-state index in [2.05, 4.69) is 23.9 Å². The zero-order valence-corrected chi connectivity index (χ0v) is 12.6. The molecule has 3 rings (SSSR count). The van der Waals surface area contributed by atoms with Gasteiger partial charge in [0.2, 0.25) is 0 Å². The first kappa shape index (κ1) is 15.1. The van der Waals surface area contributed by atoms with Crippen molar-refractivity contribution >= 4 is 0 Å². The van der Waals surface area contributed by atoms with E-state index in [1.165, 1.54) is 6.07 Å². The van der Waals surface area contributed by atoms with Crippen molar-refractivity contribution in [3.8, 4) is 11.3 Å². The van der Waals surface area contributed by atoms with E-state index in [-0.39, 0.29) is 0 Å². The summed E-state index contributed by atoms with van der Waals surface area (Å²) in [5, 5.41) is 3.95. The van der Waals surface area contributed by atoms with Crippen molar-refractivity contribution in [2.24, 2.45) is 0 Å². The molecule has 0 spiro atoms. The van der Waals surface area contributed by atoms with Gasteiger partial charge in [0.15, 0.2) is 17.4 Å². The van der Waals surface area contributed by atoms with E-state index in [0.29, 0.717) is 48.9 Å². The molecule has 0 radical (unpaired) electrons. The molecule has 6 heteroatoms. The average molecular weight is 308 g/mol. The van der Waals surface area contributed by atoms with Gasteiger partial charge in [0.05, 0.1) is 19.8 Å². The van der Waals surface area contributed by atoms with Crippen molar-refractivity contribution in [2.75, 3.05) is 13.2 Å². The molecule has 1 aliphatic heterocycles. The summed E-state index contributed by atoms with van der Waals surface area (Å²) in [5.74, 6) is -1.07. The number of ether oxygens (including phenoxy) is 1. The zero-order valence-electron chi connectivity index (χ0n) is 12.6. The van der Waals surface area contributed by atoms with Crippen LogP contribution in [0.1, 0.15) is 19.6 Å². The Morgan fingerprint density at radius 1 is 1.14 bits per heavy atom. The minimum atomic E-state index is -0.891. The normalized spacial score (nSPS) is 22.9. The second-order valence-corrected chi connectivity index (χ2v) is 5.72. The number of rotatable bonds is 3. The molecule has 1 aliphatic rings. The molecule has 1 fully saturated rings. The maximum Gasteiger partial charge on any atom is 0.159 e. The fraction of sp³-hybridized carbons (Fsp3) is 0.438. The van der Waals surface area contributed by atoms with Crippen LogP contribution in [0.15, 0.2) is 28.8 Å². The van der Waals surface area contributed by atoms with Crippen molar-refractivity contribution in [3.05, 3.63) is 41.7 Å². The average Bonchev–Trinajstić information content (AvgIpc) is 2.95. The summed E-state index contributed by atoms with van der Waals surface area (Å²) >= 11 is 0. The molecule has 1 aromatic carbocycles. The van der Waals surface area contributed by atoms with E-state index in [9.17, 15) is 8.78 Å². The largest absolute Gasteiger partial charge is 0.378 e.